The summed E-state index contributed by atoms with van der Waals surface area (Å²) in [4.78, 5) is 0. The lowest BCUT2D eigenvalue weighted by atomic mass is 10.2. The smallest absolute Gasteiger partial charge is 0.279 e. The fraction of sp³-hybridized carbons (Fsp3) is 1.00. The average Bonchev–Trinajstić information content (AvgIpc) is 2.28. The third kappa shape index (κ3) is 4.37. The van der Waals surface area contributed by atoms with Gasteiger partial charge in [0.2, 0.25) is 0 Å². The normalized spacial score (nSPS) is 20.9. The summed E-state index contributed by atoms with van der Waals surface area (Å²) in [6.07, 6.45) is 3.10. The van der Waals surface area contributed by atoms with Gasteiger partial charge in [0.15, 0.2) is 0 Å². The molecule has 0 aromatic carbocycles. The second kappa shape index (κ2) is 6.54. The number of nitrogens with one attached hydrogen (secondary N) is 2. The monoisotopic (exact) mass is 249 g/mol. The van der Waals surface area contributed by atoms with Crippen LogP contribution in [-0.2, 0) is 10.2 Å². The first-order valence-electron chi connectivity index (χ1n) is 5.95. The molecule has 0 spiro atoms. The molecule has 0 radical (unpaired) electrons. The number of hydrogen-bond donors (Lipinski definition) is 2. The molecular formula is C10H23N3O2S. The zero-order valence-corrected chi connectivity index (χ0v) is 11.0. The molecule has 1 rings (SSSR count). The van der Waals surface area contributed by atoms with Crippen molar-refractivity contribution in [3.8, 4) is 0 Å². The van der Waals surface area contributed by atoms with E-state index >= 15 is 0 Å². The molecule has 1 saturated heterocycles. The Balaban J connectivity index is 2.38. The van der Waals surface area contributed by atoms with E-state index in [4.69, 9.17) is 0 Å². The average molecular weight is 249 g/mol. The summed E-state index contributed by atoms with van der Waals surface area (Å²) in [6, 6.07) is 0. The Morgan fingerprint density at radius 2 is 1.81 bits per heavy atom. The zero-order chi connectivity index (χ0) is 12.0. The first-order chi connectivity index (χ1) is 7.56. The van der Waals surface area contributed by atoms with E-state index in [0.29, 0.717) is 25.6 Å². The molecule has 2 N–H and O–H groups in total. The third-order valence-corrected chi connectivity index (χ3v) is 4.40. The fourth-order valence-electron chi connectivity index (χ4n) is 1.86. The molecule has 1 aliphatic heterocycles. The van der Waals surface area contributed by atoms with Gasteiger partial charge in [0.25, 0.3) is 10.2 Å². The number of piperidine rings is 1. The van der Waals surface area contributed by atoms with Crippen LogP contribution >= 0.6 is 0 Å². The number of nitrogens with zero attached hydrogens (tertiary/aromatic N) is 1. The molecular weight excluding hydrogens is 226 g/mol. The van der Waals surface area contributed by atoms with Crippen molar-refractivity contribution in [2.24, 2.45) is 5.92 Å². The van der Waals surface area contributed by atoms with Crippen LogP contribution in [0.15, 0.2) is 0 Å². The van der Waals surface area contributed by atoms with Crippen molar-refractivity contribution < 1.29 is 8.42 Å². The van der Waals surface area contributed by atoms with Gasteiger partial charge in [-0.2, -0.15) is 12.7 Å². The molecule has 1 heterocycles. The van der Waals surface area contributed by atoms with Gasteiger partial charge in [0.1, 0.15) is 0 Å². The zero-order valence-electron chi connectivity index (χ0n) is 10.2. The molecule has 6 heteroatoms. The van der Waals surface area contributed by atoms with Gasteiger partial charge in [0, 0.05) is 19.6 Å². The van der Waals surface area contributed by atoms with Crippen molar-refractivity contribution >= 4 is 10.2 Å². The third-order valence-electron chi connectivity index (χ3n) is 2.82. The van der Waals surface area contributed by atoms with Crippen LogP contribution in [0, 0.1) is 5.92 Å². The highest BCUT2D eigenvalue weighted by Crippen LogP contribution is 2.11. The summed E-state index contributed by atoms with van der Waals surface area (Å²) < 4.78 is 28.0. The maximum absolute atomic E-state index is 11.9. The van der Waals surface area contributed by atoms with Crippen molar-refractivity contribution in [2.75, 3.05) is 33.2 Å². The molecule has 1 fully saturated rings. The van der Waals surface area contributed by atoms with E-state index in [1.165, 1.54) is 0 Å². The molecule has 1 unspecified atom stereocenters. The van der Waals surface area contributed by atoms with Gasteiger partial charge in [-0.25, -0.2) is 4.72 Å². The highest BCUT2D eigenvalue weighted by molar-refractivity contribution is 7.87. The Morgan fingerprint density at radius 1 is 1.19 bits per heavy atom. The van der Waals surface area contributed by atoms with Gasteiger partial charge in [-0.05, 0) is 32.4 Å². The van der Waals surface area contributed by atoms with Crippen LogP contribution in [0.2, 0.25) is 0 Å². The largest absolute Gasteiger partial charge is 0.319 e. The minimum atomic E-state index is -3.24. The van der Waals surface area contributed by atoms with Crippen molar-refractivity contribution in [1.82, 2.24) is 14.3 Å². The standard InChI is InChI=1S/C10H23N3O2S/c1-10(8-11-2)9-12-16(14,15)13-6-4-3-5-7-13/h10-12H,3-9H2,1-2H3. The lowest BCUT2D eigenvalue weighted by Crippen LogP contribution is -2.45. The molecule has 16 heavy (non-hydrogen) atoms. The topological polar surface area (TPSA) is 61.4 Å². The van der Waals surface area contributed by atoms with Crippen molar-refractivity contribution in [3.63, 3.8) is 0 Å². The maximum Gasteiger partial charge on any atom is 0.279 e. The van der Waals surface area contributed by atoms with Crippen LogP contribution in [0.5, 0.6) is 0 Å². The molecule has 0 bridgehead atoms. The molecule has 0 amide bonds. The Hall–Kier alpha value is -0.170. The summed E-state index contributed by atoms with van der Waals surface area (Å²) in [5.41, 5.74) is 0. The summed E-state index contributed by atoms with van der Waals surface area (Å²) >= 11 is 0. The number of rotatable bonds is 6. The first-order valence-corrected chi connectivity index (χ1v) is 7.39. The fourth-order valence-corrected chi connectivity index (χ4v) is 3.28. The predicted molar refractivity (Wildman–Crippen MR) is 65.4 cm³/mol. The van der Waals surface area contributed by atoms with Crippen LogP contribution in [0.25, 0.3) is 0 Å². The molecule has 0 aliphatic carbocycles. The van der Waals surface area contributed by atoms with Gasteiger partial charge in [-0.15, -0.1) is 0 Å². The highest BCUT2D eigenvalue weighted by Gasteiger charge is 2.23. The second-order valence-corrected chi connectivity index (χ2v) is 6.23. The van der Waals surface area contributed by atoms with E-state index in [-0.39, 0.29) is 0 Å². The van der Waals surface area contributed by atoms with Crippen LogP contribution in [0.4, 0.5) is 0 Å². The van der Waals surface area contributed by atoms with E-state index in [0.717, 1.165) is 25.8 Å². The Bertz CT molecular complexity index is 286. The minimum Gasteiger partial charge on any atom is -0.319 e. The molecule has 0 aromatic heterocycles. The Morgan fingerprint density at radius 3 is 2.38 bits per heavy atom. The summed E-state index contributed by atoms with van der Waals surface area (Å²) in [5.74, 6) is 0.310. The molecule has 1 atom stereocenters. The molecule has 5 nitrogen and oxygen atoms in total. The van der Waals surface area contributed by atoms with Crippen molar-refractivity contribution in [3.05, 3.63) is 0 Å². The molecule has 0 saturated carbocycles. The van der Waals surface area contributed by atoms with Crippen LogP contribution in [0.3, 0.4) is 0 Å². The Kier molecular flexibility index (Phi) is 5.68. The van der Waals surface area contributed by atoms with E-state index in [9.17, 15) is 8.42 Å². The summed E-state index contributed by atoms with van der Waals surface area (Å²) in [6.45, 7) is 4.67. The SMILES string of the molecule is CNCC(C)CNS(=O)(=O)N1CCCCC1. The highest BCUT2D eigenvalue weighted by atomic mass is 32.2. The maximum atomic E-state index is 11.9. The van der Waals surface area contributed by atoms with Crippen LogP contribution in [-0.4, -0.2) is 45.9 Å². The quantitative estimate of drug-likeness (QED) is 0.705. The van der Waals surface area contributed by atoms with E-state index in [2.05, 4.69) is 10.0 Å². The molecule has 96 valence electrons. The molecule has 0 aromatic rings. The predicted octanol–water partition coefficient (Wildman–Crippen LogP) is 0.162. The van der Waals surface area contributed by atoms with E-state index in [1.807, 2.05) is 14.0 Å². The van der Waals surface area contributed by atoms with Crippen molar-refractivity contribution in [1.29, 1.82) is 0 Å². The van der Waals surface area contributed by atoms with E-state index < -0.39 is 10.2 Å². The van der Waals surface area contributed by atoms with Gasteiger partial charge < -0.3 is 5.32 Å². The van der Waals surface area contributed by atoms with Gasteiger partial charge in [-0.1, -0.05) is 13.3 Å². The van der Waals surface area contributed by atoms with Gasteiger partial charge >= 0.3 is 0 Å². The van der Waals surface area contributed by atoms with Gasteiger partial charge in [0.05, 0.1) is 0 Å². The second-order valence-electron chi connectivity index (χ2n) is 4.48. The lowest BCUT2D eigenvalue weighted by molar-refractivity contribution is 0.339. The van der Waals surface area contributed by atoms with Crippen LogP contribution in [0.1, 0.15) is 26.2 Å². The van der Waals surface area contributed by atoms with Gasteiger partial charge in [-0.3, -0.25) is 0 Å². The lowest BCUT2D eigenvalue weighted by Gasteiger charge is -2.26. The Labute approximate surface area is 98.8 Å². The minimum absolute atomic E-state index is 0.310. The van der Waals surface area contributed by atoms with Crippen LogP contribution < -0.4 is 10.0 Å². The summed E-state index contributed by atoms with van der Waals surface area (Å²) in [7, 11) is -1.37. The number of hydrogen-bond acceptors (Lipinski definition) is 3. The van der Waals surface area contributed by atoms with Crippen molar-refractivity contribution in [2.45, 2.75) is 26.2 Å². The molecule has 1 aliphatic rings. The van der Waals surface area contributed by atoms with E-state index in [1.54, 1.807) is 4.31 Å². The first kappa shape index (κ1) is 13.9. The summed E-state index contributed by atoms with van der Waals surface area (Å²) in [5, 5.41) is 3.03.